The van der Waals surface area contributed by atoms with E-state index in [1.54, 1.807) is 0 Å². The van der Waals surface area contributed by atoms with Crippen molar-refractivity contribution in [3.63, 3.8) is 0 Å². The van der Waals surface area contributed by atoms with Crippen LogP contribution in [0.1, 0.15) is 39.5 Å². The van der Waals surface area contributed by atoms with Gasteiger partial charge >= 0.3 is 0 Å². The monoisotopic (exact) mass is 222 g/mol. The molecule has 2 nitrogen and oxygen atoms in total. The van der Waals surface area contributed by atoms with E-state index in [-0.39, 0.29) is 0 Å². The first-order chi connectivity index (χ1) is 7.67. The predicted octanol–water partition coefficient (Wildman–Crippen LogP) is 2.11. The van der Waals surface area contributed by atoms with E-state index in [9.17, 15) is 0 Å². The van der Waals surface area contributed by atoms with Crippen molar-refractivity contribution in [3.05, 3.63) is 0 Å². The van der Waals surface area contributed by atoms with Gasteiger partial charge in [-0.3, -0.25) is 4.90 Å². The highest BCUT2D eigenvalue weighted by molar-refractivity contribution is 5.02. The van der Waals surface area contributed by atoms with E-state index < -0.39 is 0 Å². The topological polar surface area (TPSA) is 15.3 Å². The van der Waals surface area contributed by atoms with Crippen LogP contribution in [0.5, 0.6) is 0 Å². The van der Waals surface area contributed by atoms with Crippen LogP contribution in [0.2, 0.25) is 0 Å². The molecule has 3 aliphatic rings. The Morgan fingerprint density at radius 1 is 1.31 bits per heavy atom. The van der Waals surface area contributed by atoms with Crippen LogP contribution in [-0.2, 0) is 0 Å². The minimum atomic E-state index is 0.432. The largest absolute Gasteiger partial charge is 0.309 e. The summed E-state index contributed by atoms with van der Waals surface area (Å²) in [5.41, 5.74) is 0.432. The van der Waals surface area contributed by atoms with Gasteiger partial charge in [0.15, 0.2) is 0 Å². The van der Waals surface area contributed by atoms with Gasteiger partial charge in [0, 0.05) is 31.7 Å². The van der Waals surface area contributed by atoms with Gasteiger partial charge in [0.05, 0.1) is 0 Å². The molecule has 0 aromatic rings. The van der Waals surface area contributed by atoms with Crippen molar-refractivity contribution in [2.24, 2.45) is 17.8 Å². The van der Waals surface area contributed by atoms with Crippen molar-refractivity contribution in [2.75, 3.05) is 26.2 Å². The summed E-state index contributed by atoms with van der Waals surface area (Å²) >= 11 is 0. The summed E-state index contributed by atoms with van der Waals surface area (Å²) in [6.07, 6.45) is 5.89. The Hall–Kier alpha value is -0.0800. The summed E-state index contributed by atoms with van der Waals surface area (Å²) in [6, 6.07) is 0. The van der Waals surface area contributed by atoms with Crippen LogP contribution in [0.3, 0.4) is 0 Å². The summed E-state index contributed by atoms with van der Waals surface area (Å²) in [7, 11) is 0. The molecular weight excluding hydrogens is 196 g/mol. The lowest BCUT2D eigenvalue weighted by Gasteiger charge is -2.43. The lowest BCUT2D eigenvalue weighted by atomic mass is 9.92. The zero-order chi connectivity index (χ0) is 11.2. The number of rotatable bonds is 4. The first-order valence-electron chi connectivity index (χ1n) is 7.15. The van der Waals surface area contributed by atoms with Crippen LogP contribution in [0.25, 0.3) is 0 Å². The molecule has 1 aliphatic heterocycles. The molecule has 1 saturated heterocycles. The maximum atomic E-state index is 3.76. The van der Waals surface area contributed by atoms with Crippen molar-refractivity contribution in [1.82, 2.24) is 10.2 Å². The van der Waals surface area contributed by atoms with Crippen molar-refractivity contribution in [3.8, 4) is 0 Å². The molecule has 2 heteroatoms. The molecule has 1 N–H and O–H groups in total. The van der Waals surface area contributed by atoms with Crippen LogP contribution < -0.4 is 5.32 Å². The van der Waals surface area contributed by atoms with Gasteiger partial charge in [0.25, 0.3) is 0 Å². The normalized spacial score (nSPS) is 38.6. The lowest BCUT2D eigenvalue weighted by molar-refractivity contribution is 0.110. The Morgan fingerprint density at radius 2 is 2.06 bits per heavy atom. The van der Waals surface area contributed by atoms with Crippen LogP contribution in [0.15, 0.2) is 0 Å². The van der Waals surface area contributed by atoms with Crippen molar-refractivity contribution >= 4 is 0 Å². The molecule has 2 saturated carbocycles. The van der Waals surface area contributed by atoms with E-state index >= 15 is 0 Å². The zero-order valence-corrected chi connectivity index (χ0v) is 10.8. The Morgan fingerprint density at radius 3 is 2.69 bits per heavy atom. The maximum absolute atomic E-state index is 3.76. The fourth-order valence-corrected chi connectivity index (χ4v) is 3.47. The molecule has 92 valence electrons. The molecule has 2 unspecified atom stereocenters. The third-order valence-corrected chi connectivity index (χ3v) is 4.96. The SMILES string of the molecule is CC(CN1CCNC(C)(C2CC2)C1)C1CC1. The van der Waals surface area contributed by atoms with E-state index in [0.29, 0.717) is 5.54 Å². The third kappa shape index (κ3) is 2.28. The van der Waals surface area contributed by atoms with Crippen molar-refractivity contribution in [2.45, 2.75) is 45.1 Å². The minimum Gasteiger partial charge on any atom is -0.309 e. The number of hydrogen-bond donors (Lipinski definition) is 1. The van der Waals surface area contributed by atoms with Gasteiger partial charge < -0.3 is 5.32 Å². The second kappa shape index (κ2) is 3.99. The summed E-state index contributed by atoms with van der Waals surface area (Å²) in [5, 5.41) is 3.76. The van der Waals surface area contributed by atoms with Gasteiger partial charge in [-0.25, -0.2) is 0 Å². The zero-order valence-electron chi connectivity index (χ0n) is 10.8. The van der Waals surface area contributed by atoms with Gasteiger partial charge in [0.2, 0.25) is 0 Å². The highest BCUT2D eigenvalue weighted by atomic mass is 15.2. The molecule has 0 aromatic carbocycles. The number of piperazine rings is 1. The minimum absolute atomic E-state index is 0.432. The Labute approximate surface area is 99.8 Å². The van der Waals surface area contributed by atoms with Crippen LogP contribution >= 0.6 is 0 Å². The van der Waals surface area contributed by atoms with Gasteiger partial charge in [-0.2, -0.15) is 0 Å². The molecule has 1 heterocycles. The van der Waals surface area contributed by atoms with Gasteiger partial charge in [-0.05, 0) is 50.4 Å². The van der Waals surface area contributed by atoms with E-state index in [0.717, 1.165) is 17.8 Å². The van der Waals surface area contributed by atoms with Crippen LogP contribution in [0.4, 0.5) is 0 Å². The highest BCUT2D eigenvalue weighted by Crippen LogP contribution is 2.41. The lowest BCUT2D eigenvalue weighted by Crippen LogP contribution is -2.60. The van der Waals surface area contributed by atoms with Crippen LogP contribution in [0, 0.1) is 17.8 Å². The van der Waals surface area contributed by atoms with Crippen molar-refractivity contribution < 1.29 is 0 Å². The molecule has 2 aliphatic carbocycles. The molecule has 16 heavy (non-hydrogen) atoms. The predicted molar refractivity (Wildman–Crippen MR) is 67.5 cm³/mol. The molecule has 0 bridgehead atoms. The highest BCUT2D eigenvalue weighted by Gasteiger charge is 2.44. The number of nitrogens with zero attached hydrogens (tertiary/aromatic N) is 1. The maximum Gasteiger partial charge on any atom is 0.0309 e. The summed E-state index contributed by atoms with van der Waals surface area (Å²) in [6.45, 7) is 9.99. The summed E-state index contributed by atoms with van der Waals surface area (Å²) in [4.78, 5) is 2.72. The summed E-state index contributed by atoms with van der Waals surface area (Å²) in [5.74, 6) is 2.95. The second-order valence-electron chi connectivity index (χ2n) is 6.67. The van der Waals surface area contributed by atoms with E-state index in [4.69, 9.17) is 0 Å². The van der Waals surface area contributed by atoms with Crippen molar-refractivity contribution in [1.29, 1.82) is 0 Å². The fraction of sp³-hybridized carbons (Fsp3) is 1.00. The molecule has 2 atom stereocenters. The average Bonchev–Trinajstić information content (AvgIpc) is 3.10. The molecule has 0 radical (unpaired) electrons. The Bertz CT molecular complexity index is 257. The second-order valence-corrected chi connectivity index (χ2v) is 6.67. The molecule has 0 amide bonds. The van der Waals surface area contributed by atoms with Gasteiger partial charge in [-0.15, -0.1) is 0 Å². The first-order valence-corrected chi connectivity index (χ1v) is 7.15. The summed E-state index contributed by atoms with van der Waals surface area (Å²) < 4.78 is 0. The Balaban J connectivity index is 1.54. The first kappa shape index (κ1) is 11.0. The Kier molecular flexibility index (Phi) is 2.75. The molecular formula is C14H26N2. The van der Waals surface area contributed by atoms with Gasteiger partial charge in [-0.1, -0.05) is 6.92 Å². The van der Waals surface area contributed by atoms with Gasteiger partial charge in [0.1, 0.15) is 0 Å². The fourth-order valence-electron chi connectivity index (χ4n) is 3.47. The molecule has 0 aromatic heterocycles. The third-order valence-electron chi connectivity index (χ3n) is 4.96. The molecule has 3 fully saturated rings. The smallest absolute Gasteiger partial charge is 0.0309 e. The quantitative estimate of drug-likeness (QED) is 0.784. The van der Waals surface area contributed by atoms with Crippen LogP contribution in [-0.4, -0.2) is 36.6 Å². The standard InChI is InChI=1S/C14H26N2/c1-11(12-3-4-12)9-16-8-7-15-14(2,10-16)13-5-6-13/h11-13,15H,3-10H2,1-2H3. The van der Waals surface area contributed by atoms with E-state index in [2.05, 4.69) is 24.1 Å². The molecule has 3 rings (SSSR count). The van der Waals surface area contributed by atoms with E-state index in [1.807, 2.05) is 0 Å². The average molecular weight is 222 g/mol. The van der Waals surface area contributed by atoms with E-state index in [1.165, 1.54) is 51.9 Å². The number of nitrogens with one attached hydrogen (secondary N) is 1. The molecule has 0 spiro atoms. The number of hydrogen-bond acceptors (Lipinski definition) is 2.